The van der Waals surface area contributed by atoms with Crippen molar-refractivity contribution < 1.29 is 0 Å². The van der Waals surface area contributed by atoms with E-state index in [1.165, 1.54) is 51.5 Å². The molecule has 1 N–H and O–H groups in total. The monoisotopic (exact) mass is 248 g/mol. The standard InChI is InChI=1S/C16H28N2/c1-18(2)16-8-12-5-13(9-16)7-15(6-12,10-16)11-17-14-3-4-14/h12-14,17H,3-11H2,1-2H3. The minimum Gasteiger partial charge on any atom is -0.313 e. The molecule has 2 nitrogen and oxygen atoms in total. The van der Waals surface area contributed by atoms with E-state index in [1.54, 1.807) is 6.42 Å². The highest BCUT2D eigenvalue weighted by Crippen LogP contribution is 2.62. The Balaban J connectivity index is 1.56. The van der Waals surface area contributed by atoms with Crippen LogP contribution in [0.5, 0.6) is 0 Å². The summed E-state index contributed by atoms with van der Waals surface area (Å²) in [5, 5.41) is 3.85. The Morgan fingerprint density at radius 1 is 1.06 bits per heavy atom. The van der Waals surface area contributed by atoms with Crippen LogP contribution >= 0.6 is 0 Å². The van der Waals surface area contributed by atoms with Crippen LogP contribution in [0.15, 0.2) is 0 Å². The van der Waals surface area contributed by atoms with Crippen LogP contribution in [0.4, 0.5) is 0 Å². The maximum Gasteiger partial charge on any atom is 0.0214 e. The molecule has 0 saturated heterocycles. The molecule has 102 valence electrons. The van der Waals surface area contributed by atoms with Crippen LogP contribution in [0.1, 0.15) is 51.4 Å². The van der Waals surface area contributed by atoms with Crippen LogP contribution in [-0.4, -0.2) is 37.1 Å². The molecule has 0 spiro atoms. The van der Waals surface area contributed by atoms with Crippen molar-refractivity contribution in [3.63, 3.8) is 0 Å². The summed E-state index contributed by atoms with van der Waals surface area (Å²) in [6, 6.07) is 0.883. The van der Waals surface area contributed by atoms with Crippen molar-refractivity contribution in [2.24, 2.45) is 17.3 Å². The van der Waals surface area contributed by atoms with Crippen LogP contribution in [-0.2, 0) is 0 Å². The largest absolute Gasteiger partial charge is 0.313 e. The molecule has 4 bridgehead atoms. The molecule has 0 aromatic heterocycles. The van der Waals surface area contributed by atoms with E-state index in [9.17, 15) is 0 Å². The first-order valence-electron chi connectivity index (χ1n) is 8.00. The Bertz CT molecular complexity index is 331. The summed E-state index contributed by atoms with van der Waals surface area (Å²) in [6.07, 6.45) is 11.9. The van der Waals surface area contributed by atoms with E-state index < -0.39 is 0 Å². The molecule has 2 heteroatoms. The first kappa shape index (κ1) is 11.7. The van der Waals surface area contributed by atoms with Gasteiger partial charge in [0.15, 0.2) is 0 Å². The predicted molar refractivity (Wildman–Crippen MR) is 74.6 cm³/mol. The highest BCUT2D eigenvalue weighted by atomic mass is 15.2. The van der Waals surface area contributed by atoms with Gasteiger partial charge in [0.25, 0.3) is 0 Å². The molecule has 0 aromatic rings. The minimum absolute atomic E-state index is 0.565. The van der Waals surface area contributed by atoms with E-state index in [1.807, 2.05) is 0 Å². The highest BCUT2D eigenvalue weighted by molar-refractivity contribution is 5.12. The first-order valence-corrected chi connectivity index (χ1v) is 8.00. The molecule has 5 rings (SSSR count). The normalized spacial score (nSPS) is 50.2. The maximum absolute atomic E-state index is 3.85. The second kappa shape index (κ2) is 3.73. The summed E-state index contributed by atoms with van der Waals surface area (Å²) >= 11 is 0. The van der Waals surface area contributed by atoms with Crippen molar-refractivity contribution in [1.82, 2.24) is 10.2 Å². The fourth-order valence-corrected chi connectivity index (χ4v) is 5.78. The third kappa shape index (κ3) is 1.76. The van der Waals surface area contributed by atoms with Crippen LogP contribution < -0.4 is 5.32 Å². The smallest absolute Gasteiger partial charge is 0.0214 e. The number of nitrogens with zero attached hydrogens (tertiary/aromatic N) is 1. The molecule has 18 heavy (non-hydrogen) atoms. The van der Waals surface area contributed by atoms with Crippen LogP contribution in [0.25, 0.3) is 0 Å². The lowest BCUT2D eigenvalue weighted by molar-refractivity contribution is -0.118. The van der Waals surface area contributed by atoms with Crippen LogP contribution in [0.2, 0.25) is 0 Å². The topological polar surface area (TPSA) is 15.3 Å². The van der Waals surface area contributed by atoms with Gasteiger partial charge in [-0.3, -0.25) is 0 Å². The minimum atomic E-state index is 0.565. The van der Waals surface area contributed by atoms with Gasteiger partial charge in [0.1, 0.15) is 0 Å². The molecule has 0 amide bonds. The quantitative estimate of drug-likeness (QED) is 0.823. The molecule has 5 saturated carbocycles. The fourth-order valence-electron chi connectivity index (χ4n) is 5.78. The van der Waals surface area contributed by atoms with Crippen LogP contribution in [0, 0.1) is 17.3 Å². The molecular weight excluding hydrogens is 220 g/mol. The molecule has 0 aliphatic heterocycles. The zero-order chi connectivity index (χ0) is 12.4. The van der Waals surface area contributed by atoms with Crippen molar-refractivity contribution in [2.75, 3.05) is 20.6 Å². The van der Waals surface area contributed by atoms with Gasteiger partial charge in [0.2, 0.25) is 0 Å². The van der Waals surface area contributed by atoms with E-state index in [0.29, 0.717) is 11.0 Å². The molecule has 5 fully saturated rings. The van der Waals surface area contributed by atoms with E-state index in [0.717, 1.165) is 17.9 Å². The van der Waals surface area contributed by atoms with Gasteiger partial charge in [-0.05, 0) is 82.7 Å². The summed E-state index contributed by atoms with van der Waals surface area (Å²) in [7, 11) is 4.66. The van der Waals surface area contributed by atoms with Gasteiger partial charge in [-0.2, -0.15) is 0 Å². The van der Waals surface area contributed by atoms with Crippen molar-refractivity contribution in [3.8, 4) is 0 Å². The van der Waals surface area contributed by atoms with Crippen molar-refractivity contribution in [2.45, 2.75) is 62.9 Å². The summed E-state index contributed by atoms with van der Waals surface area (Å²) in [6.45, 7) is 1.32. The van der Waals surface area contributed by atoms with Crippen molar-refractivity contribution in [3.05, 3.63) is 0 Å². The third-order valence-corrected chi connectivity index (χ3v) is 6.44. The second-order valence-electron chi connectivity index (χ2n) is 8.23. The summed E-state index contributed by atoms with van der Waals surface area (Å²) in [5.41, 5.74) is 1.23. The molecule has 0 heterocycles. The molecular formula is C16H28N2. The molecule has 2 unspecified atom stereocenters. The Morgan fingerprint density at radius 2 is 1.72 bits per heavy atom. The summed E-state index contributed by atoms with van der Waals surface area (Å²) < 4.78 is 0. The van der Waals surface area contributed by atoms with Gasteiger partial charge >= 0.3 is 0 Å². The molecule has 5 aliphatic rings. The average Bonchev–Trinajstić information content (AvgIpc) is 3.08. The van der Waals surface area contributed by atoms with Gasteiger partial charge in [0.05, 0.1) is 0 Å². The van der Waals surface area contributed by atoms with Gasteiger partial charge in [0, 0.05) is 18.1 Å². The lowest BCUT2D eigenvalue weighted by Gasteiger charge is -2.64. The second-order valence-corrected chi connectivity index (χ2v) is 8.23. The number of hydrogen-bond acceptors (Lipinski definition) is 2. The Hall–Kier alpha value is -0.0800. The lowest BCUT2D eigenvalue weighted by atomic mass is 9.46. The highest BCUT2D eigenvalue weighted by Gasteiger charge is 2.58. The number of rotatable bonds is 4. The van der Waals surface area contributed by atoms with Gasteiger partial charge in [-0.25, -0.2) is 0 Å². The summed E-state index contributed by atoms with van der Waals surface area (Å²) in [5.74, 6) is 2.07. The summed E-state index contributed by atoms with van der Waals surface area (Å²) in [4.78, 5) is 2.58. The molecule has 2 atom stereocenters. The Labute approximate surface area is 111 Å². The van der Waals surface area contributed by atoms with E-state index >= 15 is 0 Å². The number of nitrogens with one attached hydrogen (secondary N) is 1. The van der Waals surface area contributed by atoms with Crippen molar-refractivity contribution in [1.29, 1.82) is 0 Å². The van der Waals surface area contributed by atoms with Gasteiger partial charge in [-0.15, -0.1) is 0 Å². The van der Waals surface area contributed by atoms with Gasteiger partial charge in [-0.1, -0.05) is 0 Å². The zero-order valence-corrected chi connectivity index (χ0v) is 12.0. The van der Waals surface area contributed by atoms with E-state index in [4.69, 9.17) is 0 Å². The fraction of sp³-hybridized carbons (Fsp3) is 1.00. The Morgan fingerprint density at radius 3 is 2.28 bits per heavy atom. The number of hydrogen-bond donors (Lipinski definition) is 1. The molecule has 5 aliphatic carbocycles. The SMILES string of the molecule is CN(C)C12CC3CC(CC(CNC4CC4)(C3)C1)C2. The zero-order valence-electron chi connectivity index (χ0n) is 12.0. The van der Waals surface area contributed by atoms with Crippen LogP contribution in [0.3, 0.4) is 0 Å². The maximum atomic E-state index is 3.85. The lowest BCUT2D eigenvalue weighted by Crippen LogP contribution is -2.63. The molecule has 0 aromatic carbocycles. The van der Waals surface area contributed by atoms with E-state index in [-0.39, 0.29) is 0 Å². The molecule has 0 radical (unpaired) electrons. The average molecular weight is 248 g/mol. The first-order chi connectivity index (χ1) is 8.59. The van der Waals surface area contributed by atoms with E-state index in [2.05, 4.69) is 24.3 Å². The predicted octanol–water partition coefficient (Wildman–Crippen LogP) is 2.64. The van der Waals surface area contributed by atoms with Gasteiger partial charge < -0.3 is 10.2 Å². The van der Waals surface area contributed by atoms with Crippen molar-refractivity contribution >= 4 is 0 Å². The Kier molecular flexibility index (Phi) is 2.43. The third-order valence-electron chi connectivity index (χ3n) is 6.44.